The molecule has 0 aliphatic heterocycles. The van der Waals surface area contributed by atoms with Gasteiger partial charge in [-0.3, -0.25) is 10.2 Å². The van der Waals surface area contributed by atoms with Gasteiger partial charge in [-0.05, 0) is 48.9 Å². The number of rotatable bonds is 6. The highest BCUT2D eigenvalue weighted by Crippen LogP contribution is 2.22. The van der Waals surface area contributed by atoms with Crippen molar-refractivity contribution < 1.29 is 19.4 Å². The van der Waals surface area contributed by atoms with Crippen molar-refractivity contribution in [2.75, 3.05) is 12.4 Å². The topological polar surface area (TPSA) is 124 Å². The number of hydrogen-bond acceptors (Lipinski definition) is 6. The number of carbonyl (C=O) groups is 2. The molecule has 0 heterocycles. The van der Waals surface area contributed by atoms with Gasteiger partial charge in [-0.1, -0.05) is 6.07 Å². The van der Waals surface area contributed by atoms with Gasteiger partial charge in [-0.2, -0.15) is 0 Å². The zero-order valence-corrected chi connectivity index (χ0v) is 14.1. The van der Waals surface area contributed by atoms with Gasteiger partial charge >= 0.3 is 5.97 Å². The number of nitrogens with zero attached hydrogens (tertiary/aromatic N) is 2. The monoisotopic (exact) mass is 352 g/mol. The molecule has 0 saturated heterocycles. The highest BCUT2D eigenvalue weighted by Gasteiger charge is 2.11. The van der Waals surface area contributed by atoms with E-state index in [2.05, 4.69) is 15.5 Å². The lowest BCUT2D eigenvalue weighted by Crippen LogP contribution is -2.13. The Kier molecular flexibility index (Phi) is 5.97. The molecular formula is C18H16N4O4. The van der Waals surface area contributed by atoms with Crippen molar-refractivity contribution >= 4 is 29.1 Å². The second kappa shape index (κ2) is 8.36. The van der Waals surface area contributed by atoms with Gasteiger partial charge in [0.1, 0.15) is 5.75 Å². The van der Waals surface area contributed by atoms with Gasteiger partial charge < -0.3 is 15.2 Å². The van der Waals surface area contributed by atoms with E-state index in [-0.39, 0.29) is 16.9 Å². The van der Waals surface area contributed by atoms with Crippen LogP contribution in [0.5, 0.6) is 5.75 Å². The third-order valence-corrected chi connectivity index (χ3v) is 3.40. The molecule has 3 N–H and O–H groups in total. The van der Waals surface area contributed by atoms with Crippen LogP contribution in [0, 0.1) is 12.3 Å². The van der Waals surface area contributed by atoms with Crippen molar-refractivity contribution in [1.29, 1.82) is 5.41 Å². The summed E-state index contributed by atoms with van der Waals surface area (Å²) in [4.78, 5) is 23.2. The Bertz CT molecular complexity index is 913. The smallest absolute Gasteiger partial charge is 0.335 e. The van der Waals surface area contributed by atoms with Gasteiger partial charge in [0.2, 0.25) is 5.70 Å². The van der Waals surface area contributed by atoms with Crippen LogP contribution in [0.1, 0.15) is 15.9 Å². The van der Waals surface area contributed by atoms with E-state index >= 15 is 0 Å². The third kappa shape index (κ3) is 4.62. The van der Waals surface area contributed by atoms with Gasteiger partial charge in [0.15, 0.2) is 0 Å². The minimum Gasteiger partial charge on any atom is -0.497 e. The van der Waals surface area contributed by atoms with Crippen LogP contribution in [-0.4, -0.2) is 30.0 Å². The number of carboxylic acid groups (broad SMARTS) is 1. The molecule has 0 bridgehead atoms. The quantitative estimate of drug-likeness (QED) is 0.417. The lowest BCUT2D eigenvalue weighted by atomic mass is 10.1. The summed E-state index contributed by atoms with van der Waals surface area (Å²) in [5.41, 5.74) is 1.16. The van der Waals surface area contributed by atoms with Crippen LogP contribution in [0.3, 0.4) is 0 Å². The minimum absolute atomic E-state index is 0.0487. The summed E-state index contributed by atoms with van der Waals surface area (Å²) < 4.78 is 5.03. The van der Waals surface area contributed by atoms with Crippen LogP contribution in [0.25, 0.3) is 0 Å². The number of carboxylic acids is 1. The van der Waals surface area contributed by atoms with E-state index in [1.54, 1.807) is 37.3 Å². The summed E-state index contributed by atoms with van der Waals surface area (Å²) in [5.74, 6) is 0.802. The number of aryl methyl sites for hydroxylation is 1. The zero-order valence-electron chi connectivity index (χ0n) is 14.1. The first-order valence-electron chi connectivity index (χ1n) is 7.45. The Balaban J connectivity index is 2.17. The van der Waals surface area contributed by atoms with E-state index in [9.17, 15) is 9.59 Å². The molecule has 0 aliphatic rings. The SMILES string of the molecule is COc1ccc(NC(=O)C(=C=N)N=Nc2cc(C(=O)O)ccc2C)cc1. The lowest BCUT2D eigenvalue weighted by Gasteiger charge is -2.05. The fourth-order valence-corrected chi connectivity index (χ4v) is 1.95. The number of carbonyl (C=O) groups excluding carboxylic acids is 1. The Morgan fingerprint density at radius 3 is 2.46 bits per heavy atom. The largest absolute Gasteiger partial charge is 0.497 e. The van der Waals surface area contributed by atoms with Crippen LogP contribution < -0.4 is 10.1 Å². The summed E-state index contributed by atoms with van der Waals surface area (Å²) in [5, 5.41) is 26.4. The van der Waals surface area contributed by atoms with Crippen LogP contribution >= 0.6 is 0 Å². The van der Waals surface area contributed by atoms with Crippen molar-refractivity contribution in [3.8, 4) is 5.75 Å². The predicted molar refractivity (Wildman–Crippen MR) is 95.5 cm³/mol. The molecule has 132 valence electrons. The maximum atomic E-state index is 12.2. The first kappa shape index (κ1) is 18.6. The normalized spacial score (nSPS) is 10.2. The van der Waals surface area contributed by atoms with E-state index < -0.39 is 11.9 Å². The average Bonchev–Trinajstić information content (AvgIpc) is 2.64. The predicted octanol–water partition coefficient (Wildman–Crippen LogP) is 3.56. The molecule has 0 radical (unpaired) electrons. The molecule has 2 rings (SSSR count). The number of benzene rings is 2. The van der Waals surface area contributed by atoms with E-state index in [1.165, 1.54) is 19.2 Å². The molecule has 2 aromatic rings. The third-order valence-electron chi connectivity index (χ3n) is 3.40. The van der Waals surface area contributed by atoms with Crippen molar-refractivity contribution in [3.63, 3.8) is 0 Å². The van der Waals surface area contributed by atoms with Crippen molar-refractivity contribution in [2.24, 2.45) is 10.2 Å². The van der Waals surface area contributed by atoms with Crippen molar-refractivity contribution in [2.45, 2.75) is 6.92 Å². The number of azo groups is 1. The van der Waals surface area contributed by atoms with E-state index in [1.807, 2.05) is 5.87 Å². The second-order valence-electron chi connectivity index (χ2n) is 5.16. The van der Waals surface area contributed by atoms with Gasteiger partial charge in [0.05, 0.1) is 18.4 Å². The summed E-state index contributed by atoms with van der Waals surface area (Å²) in [6.45, 7) is 1.73. The second-order valence-corrected chi connectivity index (χ2v) is 5.16. The summed E-state index contributed by atoms with van der Waals surface area (Å²) >= 11 is 0. The zero-order chi connectivity index (χ0) is 19.1. The van der Waals surface area contributed by atoms with Gasteiger partial charge in [-0.15, -0.1) is 10.2 Å². The van der Waals surface area contributed by atoms with Crippen LogP contribution in [0.4, 0.5) is 11.4 Å². The minimum atomic E-state index is -1.10. The maximum absolute atomic E-state index is 12.2. The van der Waals surface area contributed by atoms with Gasteiger partial charge in [0, 0.05) is 11.6 Å². The molecule has 0 atom stereocenters. The Morgan fingerprint density at radius 1 is 1.19 bits per heavy atom. The van der Waals surface area contributed by atoms with E-state index in [0.717, 1.165) is 0 Å². The molecule has 0 spiro atoms. The van der Waals surface area contributed by atoms with Crippen molar-refractivity contribution in [3.05, 3.63) is 59.3 Å². The Labute approximate surface area is 149 Å². The molecule has 0 aromatic heterocycles. The maximum Gasteiger partial charge on any atom is 0.335 e. The molecule has 1 amide bonds. The van der Waals surface area contributed by atoms with Crippen LogP contribution in [-0.2, 0) is 4.79 Å². The number of aromatic carboxylic acids is 1. The fourth-order valence-electron chi connectivity index (χ4n) is 1.95. The number of nitrogens with one attached hydrogen (secondary N) is 2. The molecule has 0 saturated carbocycles. The van der Waals surface area contributed by atoms with Gasteiger partial charge in [0.25, 0.3) is 5.91 Å². The average molecular weight is 352 g/mol. The first-order valence-corrected chi connectivity index (χ1v) is 7.45. The number of anilines is 1. The molecule has 0 aliphatic carbocycles. The Hall–Kier alpha value is -3.77. The summed E-state index contributed by atoms with van der Waals surface area (Å²) in [6.07, 6.45) is 0. The highest BCUT2D eigenvalue weighted by molar-refractivity contribution is 6.08. The van der Waals surface area contributed by atoms with Crippen LogP contribution in [0.15, 0.2) is 58.4 Å². The number of amides is 1. The van der Waals surface area contributed by atoms with E-state index in [0.29, 0.717) is 17.0 Å². The molecule has 8 heteroatoms. The molecule has 8 nitrogen and oxygen atoms in total. The lowest BCUT2D eigenvalue weighted by molar-refractivity contribution is -0.112. The fraction of sp³-hybridized carbons (Fsp3) is 0.111. The standard InChI is InChI=1S/C18H16N4O4/c1-11-3-4-12(18(24)25)9-15(11)21-22-16(10-19)17(23)20-13-5-7-14(26-2)8-6-13/h3-9,19H,1-2H3,(H,20,23)(H,24,25). The Morgan fingerprint density at radius 2 is 1.88 bits per heavy atom. The number of hydrogen-bond donors (Lipinski definition) is 3. The summed E-state index contributed by atoms with van der Waals surface area (Å²) in [6, 6.07) is 11.0. The molecule has 0 unspecified atom stereocenters. The molecule has 0 fully saturated rings. The van der Waals surface area contributed by atoms with E-state index in [4.69, 9.17) is 15.3 Å². The highest BCUT2D eigenvalue weighted by atomic mass is 16.5. The first-order chi connectivity index (χ1) is 12.4. The number of ether oxygens (including phenoxy) is 1. The summed E-state index contributed by atoms with van der Waals surface area (Å²) in [7, 11) is 1.53. The van der Waals surface area contributed by atoms with Gasteiger partial charge in [-0.25, -0.2) is 4.79 Å². The molecule has 26 heavy (non-hydrogen) atoms. The number of methoxy groups -OCH3 is 1. The molecular weight excluding hydrogens is 336 g/mol. The molecule has 2 aromatic carbocycles. The van der Waals surface area contributed by atoms with Crippen molar-refractivity contribution in [1.82, 2.24) is 0 Å². The van der Waals surface area contributed by atoms with Crippen LogP contribution in [0.2, 0.25) is 0 Å².